The summed E-state index contributed by atoms with van der Waals surface area (Å²) in [6.45, 7) is 2.25. The molecule has 0 saturated heterocycles. The average molecular weight is 643 g/mol. The Hall–Kier alpha value is -3.76. The molecule has 0 aliphatic heterocycles. The van der Waals surface area contributed by atoms with Crippen molar-refractivity contribution < 1.29 is 62.2 Å². The summed E-state index contributed by atoms with van der Waals surface area (Å²) in [5.74, 6) is -2.73. The molecule has 226 valence electrons. The maximum absolute atomic E-state index is 13.2. The van der Waals surface area contributed by atoms with Crippen LogP contribution in [0.15, 0.2) is 91.0 Å². The number of carbonyl (C=O) groups is 2. The fraction of sp³-hybridized carbons (Fsp3) is 0.176. The number of carboxylic acid groups (broad SMARTS) is 1. The first kappa shape index (κ1) is 34.1. The third kappa shape index (κ3) is 8.29. The maximum Gasteiger partial charge on any atom is 1.00 e. The smallest absolute Gasteiger partial charge is 0.543 e. The second-order valence-corrected chi connectivity index (χ2v) is 10.7. The number of nitrogens with one attached hydrogen (secondary N) is 1. The van der Waals surface area contributed by atoms with E-state index in [1.807, 2.05) is 24.3 Å². The van der Waals surface area contributed by atoms with Gasteiger partial charge < -0.3 is 24.5 Å². The number of amides is 1. The molecule has 0 radical (unpaired) electrons. The molecule has 5 aromatic rings. The van der Waals surface area contributed by atoms with E-state index in [9.17, 15) is 27.9 Å². The van der Waals surface area contributed by atoms with Crippen LogP contribution in [0, 0.1) is 0 Å². The van der Waals surface area contributed by atoms with Crippen LogP contribution in [-0.4, -0.2) is 22.8 Å². The minimum absolute atomic E-state index is 0. The fourth-order valence-electron chi connectivity index (χ4n) is 5.09. The zero-order valence-electron chi connectivity index (χ0n) is 24.6. The van der Waals surface area contributed by atoms with Crippen LogP contribution in [0.4, 0.5) is 18.9 Å². The third-order valence-corrected chi connectivity index (χ3v) is 7.42. The number of ether oxygens (including phenoxy) is 1. The van der Waals surface area contributed by atoms with Gasteiger partial charge in [-0.1, -0.05) is 73.5 Å². The van der Waals surface area contributed by atoms with Gasteiger partial charge in [0.15, 0.2) is 0 Å². The van der Waals surface area contributed by atoms with Gasteiger partial charge in [-0.15, -0.1) is 13.2 Å². The Morgan fingerprint density at radius 1 is 0.911 bits per heavy atom. The number of alkyl halides is 3. The van der Waals surface area contributed by atoms with Crippen LogP contribution < -0.4 is 44.7 Å². The van der Waals surface area contributed by atoms with E-state index in [0.717, 1.165) is 60.2 Å². The summed E-state index contributed by atoms with van der Waals surface area (Å²) in [5, 5.41) is 16.2. The van der Waals surface area contributed by atoms with Gasteiger partial charge in [0.1, 0.15) is 5.75 Å². The van der Waals surface area contributed by atoms with Crippen LogP contribution in [0.3, 0.4) is 0 Å². The largest absolute Gasteiger partial charge is 1.00 e. The number of hydrogen-bond acceptors (Lipinski definition) is 4. The van der Waals surface area contributed by atoms with Gasteiger partial charge in [-0.05, 0) is 77.6 Å². The summed E-state index contributed by atoms with van der Waals surface area (Å²) in [6, 6.07) is 24.9. The van der Waals surface area contributed by atoms with E-state index in [1.165, 1.54) is 5.56 Å². The van der Waals surface area contributed by atoms with Crippen LogP contribution >= 0.6 is 11.6 Å². The summed E-state index contributed by atoms with van der Waals surface area (Å²) >= 11 is 6.20. The van der Waals surface area contributed by atoms with Crippen LogP contribution in [0.5, 0.6) is 5.75 Å². The van der Waals surface area contributed by atoms with E-state index in [1.54, 1.807) is 34.9 Å². The van der Waals surface area contributed by atoms with E-state index in [0.29, 0.717) is 15.9 Å². The van der Waals surface area contributed by atoms with Crippen molar-refractivity contribution in [3.05, 3.63) is 118 Å². The molecule has 0 aliphatic rings. The Kier molecular flexibility index (Phi) is 11.0. The molecule has 1 amide bonds. The summed E-state index contributed by atoms with van der Waals surface area (Å²) < 4.78 is 43.1. The van der Waals surface area contributed by atoms with Gasteiger partial charge in [0.25, 0.3) is 5.91 Å². The summed E-state index contributed by atoms with van der Waals surface area (Å²) in [4.78, 5) is 25.8. The van der Waals surface area contributed by atoms with Crippen LogP contribution in [-0.2, 0) is 13.0 Å². The molecule has 0 atom stereocenters. The van der Waals surface area contributed by atoms with E-state index >= 15 is 0 Å². The molecule has 45 heavy (non-hydrogen) atoms. The molecule has 0 spiro atoms. The molecule has 0 fully saturated rings. The van der Waals surface area contributed by atoms with Gasteiger partial charge >= 0.3 is 35.9 Å². The van der Waals surface area contributed by atoms with Gasteiger partial charge in [-0.2, -0.15) is 0 Å². The first-order valence-corrected chi connectivity index (χ1v) is 14.3. The third-order valence-electron chi connectivity index (χ3n) is 7.18. The van der Waals surface area contributed by atoms with Crippen molar-refractivity contribution in [3.8, 4) is 16.9 Å². The van der Waals surface area contributed by atoms with Crippen LogP contribution in [0.1, 0.15) is 51.7 Å². The summed E-state index contributed by atoms with van der Waals surface area (Å²) in [6.07, 6.45) is -1.71. The van der Waals surface area contributed by atoms with E-state index in [4.69, 9.17) is 11.6 Å². The number of nitrogens with zero attached hydrogens (tertiary/aromatic N) is 1. The Labute approximate surface area is 285 Å². The van der Waals surface area contributed by atoms with Gasteiger partial charge in [-0.3, -0.25) is 4.79 Å². The number of fused-ring (bicyclic) bond motifs is 1. The van der Waals surface area contributed by atoms with Gasteiger partial charge in [0, 0.05) is 22.5 Å². The summed E-state index contributed by atoms with van der Waals surface area (Å²) in [5.41, 5.74) is 3.99. The van der Waals surface area contributed by atoms with Crippen molar-refractivity contribution in [1.82, 2.24) is 4.57 Å². The number of carbonyl (C=O) groups excluding carboxylic acids is 2. The number of aromatic carboxylic acids is 1. The maximum atomic E-state index is 13.2. The number of rotatable bonds is 10. The molecule has 1 heterocycles. The molecule has 11 heteroatoms. The standard InChI is InChI=1S/C34H28ClF3N2O4.Na/c1-2-3-5-21-8-10-23(11-9-21)25-14-17-28-29(19-25)40(20-22-6-4-7-26(35)18-22)31(33(42)43)30(28)39-32(41)24-12-15-27(16-13-24)44-34(36,37)38;/h4,6-19H,2-3,5,20H2,1H3,(H,39,41)(H,42,43);/q;+1/p-1. The molecule has 0 unspecified atom stereocenters. The monoisotopic (exact) mass is 642 g/mol. The van der Waals surface area contributed by atoms with Crippen molar-refractivity contribution in [3.63, 3.8) is 0 Å². The number of anilines is 1. The normalized spacial score (nSPS) is 11.2. The number of aromatic nitrogens is 1. The minimum atomic E-state index is -4.88. The van der Waals surface area contributed by atoms with E-state index < -0.39 is 24.0 Å². The molecule has 1 N–H and O–H groups in total. The Bertz CT molecular complexity index is 1820. The SMILES string of the molecule is CCCCc1ccc(-c2ccc3c(NC(=O)c4ccc(OC(F)(F)F)cc4)c(C(=O)[O-])n(Cc4cccc(Cl)c4)c3c2)cc1.[Na+]. The number of hydrogen-bond donors (Lipinski definition) is 1. The van der Waals surface area contributed by atoms with Crippen LogP contribution in [0.2, 0.25) is 5.02 Å². The number of carboxylic acids is 1. The first-order chi connectivity index (χ1) is 21.0. The van der Waals surface area contributed by atoms with Gasteiger partial charge in [-0.25, -0.2) is 0 Å². The molecule has 0 bridgehead atoms. The number of benzene rings is 4. The Morgan fingerprint density at radius 3 is 2.22 bits per heavy atom. The predicted molar refractivity (Wildman–Crippen MR) is 162 cm³/mol. The summed E-state index contributed by atoms with van der Waals surface area (Å²) in [7, 11) is 0. The van der Waals surface area contributed by atoms with Gasteiger partial charge in [0.2, 0.25) is 0 Å². The zero-order valence-corrected chi connectivity index (χ0v) is 27.3. The van der Waals surface area contributed by atoms with Crippen molar-refractivity contribution in [2.45, 2.75) is 39.1 Å². The van der Waals surface area contributed by atoms with Crippen molar-refractivity contribution >= 4 is 40.1 Å². The van der Waals surface area contributed by atoms with E-state index in [2.05, 4.69) is 29.1 Å². The van der Waals surface area contributed by atoms with Crippen molar-refractivity contribution in [1.29, 1.82) is 0 Å². The van der Waals surface area contributed by atoms with Crippen molar-refractivity contribution in [2.24, 2.45) is 0 Å². The Morgan fingerprint density at radius 2 is 1.60 bits per heavy atom. The number of halogens is 4. The molecule has 0 saturated carbocycles. The number of aryl methyl sites for hydroxylation is 1. The molecule has 1 aromatic heterocycles. The molecular weight excluding hydrogens is 616 g/mol. The van der Waals surface area contributed by atoms with E-state index in [-0.39, 0.29) is 53.0 Å². The average Bonchev–Trinajstić information content (AvgIpc) is 3.28. The second-order valence-electron chi connectivity index (χ2n) is 10.3. The molecule has 6 nitrogen and oxygen atoms in total. The molecule has 0 aliphatic carbocycles. The zero-order chi connectivity index (χ0) is 31.4. The van der Waals surface area contributed by atoms with Crippen molar-refractivity contribution in [2.75, 3.05) is 5.32 Å². The fourth-order valence-corrected chi connectivity index (χ4v) is 5.30. The molecule has 4 aromatic carbocycles. The molecular formula is C34H27ClF3N2NaO4. The minimum Gasteiger partial charge on any atom is -0.543 e. The first-order valence-electron chi connectivity index (χ1n) is 13.9. The molecule has 5 rings (SSSR count). The second kappa shape index (κ2) is 14.6. The van der Waals surface area contributed by atoms with Crippen LogP contribution in [0.25, 0.3) is 22.0 Å². The quantitative estimate of drug-likeness (QED) is 0.221. The number of unbranched alkanes of at least 4 members (excludes halogenated alkanes) is 1. The van der Waals surface area contributed by atoms with Gasteiger partial charge in [0.05, 0.1) is 22.9 Å². The Balaban J connectivity index is 0.00000461. The topological polar surface area (TPSA) is 83.4 Å². The predicted octanol–water partition coefficient (Wildman–Crippen LogP) is 4.87.